The van der Waals surface area contributed by atoms with Crippen molar-refractivity contribution in [3.8, 4) is 17.3 Å². The van der Waals surface area contributed by atoms with Crippen molar-refractivity contribution in [2.45, 2.75) is 0 Å². The largest absolute Gasteiger partial charge is 0.383 e. The Balaban J connectivity index is 2.49. The van der Waals surface area contributed by atoms with Gasteiger partial charge in [0.05, 0.1) is 11.3 Å². The van der Waals surface area contributed by atoms with E-state index in [9.17, 15) is 0 Å². The maximum absolute atomic E-state index is 8.67. The summed E-state index contributed by atoms with van der Waals surface area (Å²) in [4.78, 5) is 4.15. The molecule has 0 unspecified atom stereocenters. The average Bonchev–Trinajstić information content (AvgIpc) is 2.70. The highest BCUT2D eigenvalue weighted by molar-refractivity contribution is 7.08. The van der Waals surface area contributed by atoms with Gasteiger partial charge in [-0.05, 0) is 23.6 Å². The molecule has 0 bridgehead atoms. The van der Waals surface area contributed by atoms with E-state index in [1.807, 2.05) is 22.9 Å². The predicted octanol–water partition coefficient (Wildman–Crippen LogP) is 2.26. The first-order valence-electron chi connectivity index (χ1n) is 4.00. The molecule has 14 heavy (non-hydrogen) atoms. The lowest BCUT2D eigenvalue weighted by atomic mass is 10.2. The SMILES string of the molecule is N#Cc1ccc(-c2ccsc2)nc1N. The van der Waals surface area contributed by atoms with Crippen molar-refractivity contribution in [2.24, 2.45) is 0 Å². The van der Waals surface area contributed by atoms with Crippen LogP contribution in [0.15, 0.2) is 29.0 Å². The van der Waals surface area contributed by atoms with E-state index in [0.717, 1.165) is 11.3 Å². The third-order valence-corrected chi connectivity index (χ3v) is 2.55. The Morgan fingerprint density at radius 3 is 2.79 bits per heavy atom. The van der Waals surface area contributed by atoms with Crippen LogP contribution in [0.2, 0.25) is 0 Å². The standard InChI is InChI=1S/C10H7N3S/c11-5-7-1-2-9(13-10(7)12)8-3-4-14-6-8/h1-4,6H,(H2,12,13). The van der Waals surface area contributed by atoms with Crippen molar-refractivity contribution < 1.29 is 0 Å². The summed E-state index contributed by atoms with van der Waals surface area (Å²) in [5, 5.41) is 12.6. The van der Waals surface area contributed by atoms with E-state index in [1.54, 1.807) is 23.5 Å². The van der Waals surface area contributed by atoms with Crippen LogP contribution in [0, 0.1) is 11.3 Å². The molecule has 0 fully saturated rings. The molecule has 2 aromatic heterocycles. The minimum absolute atomic E-state index is 0.288. The molecule has 0 aromatic carbocycles. The number of aromatic nitrogens is 1. The molecule has 0 atom stereocenters. The topological polar surface area (TPSA) is 62.7 Å². The number of nitrogens with zero attached hydrogens (tertiary/aromatic N) is 2. The van der Waals surface area contributed by atoms with E-state index in [-0.39, 0.29) is 5.82 Å². The second-order valence-corrected chi connectivity index (χ2v) is 3.53. The molecule has 2 aromatic rings. The molecule has 4 heteroatoms. The third-order valence-electron chi connectivity index (χ3n) is 1.86. The van der Waals surface area contributed by atoms with E-state index in [4.69, 9.17) is 11.0 Å². The van der Waals surface area contributed by atoms with Crippen LogP contribution < -0.4 is 5.73 Å². The number of thiophene rings is 1. The molecule has 68 valence electrons. The van der Waals surface area contributed by atoms with Gasteiger partial charge in [-0.1, -0.05) is 0 Å². The molecule has 2 N–H and O–H groups in total. The van der Waals surface area contributed by atoms with Crippen LogP contribution in [0.3, 0.4) is 0 Å². The van der Waals surface area contributed by atoms with Gasteiger partial charge in [-0.2, -0.15) is 16.6 Å². The van der Waals surface area contributed by atoms with Crippen LogP contribution >= 0.6 is 11.3 Å². The number of hydrogen-bond donors (Lipinski definition) is 1. The maximum atomic E-state index is 8.67. The number of pyridine rings is 1. The number of anilines is 1. The summed E-state index contributed by atoms with van der Waals surface area (Å²) in [7, 11) is 0. The summed E-state index contributed by atoms with van der Waals surface area (Å²) < 4.78 is 0. The lowest BCUT2D eigenvalue weighted by molar-refractivity contribution is 1.31. The number of rotatable bonds is 1. The maximum Gasteiger partial charge on any atom is 0.142 e. The van der Waals surface area contributed by atoms with E-state index >= 15 is 0 Å². The molecule has 2 heterocycles. The second kappa shape index (κ2) is 3.48. The van der Waals surface area contributed by atoms with Gasteiger partial charge in [-0.25, -0.2) is 4.98 Å². The highest BCUT2D eigenvalue weighted by atomic mass is 32.1. The van der Waals surface area contributed by atoms with Gasteiger partial charge in [-0.3, -0.25) is 0 Å². The van der Waals surface area contributed by atoms with Gasteiger partial charge in [0.2, 0.25) is 0 Å². The van der Waals surface area contributed by atoms with Gasteiger partial charge in [0.25, 0.3) is 0 Å². The summed E-state index contributed by atoms with van der Waals surface area (Å²) in [6, 6.07) is 7.45. The Labute approximate surface area is 85.4 Å². The normalized spacial score (nSPS) is 9.64. The van der Waals surface area contributed by atoms with Crippen molar-refractivity contribution >= 4 is 17.2 Å². The van der Waals surface area contributed by atoms with Gasteiger partial charge in [0, 0.05) is 10.9 Å². The Morgan fingerprint density at radius 2 is 2.21 bits per heavy atom. The molecule has 0 amide bonds. The molecular weight excluding hydrogens is 194 g/mol. The third kappa shape index (κ3) is 1.45. The Kier molecular flexibility index (Phi) is 2.17. The zero-order valence-electron chi connectivity index (χ0n) is 7.27. The Morgan fingerprint density at radius 1 is 1.36 bits per heavy atom. The van der Waals surface area contributed by atoms with Gasteiger partial charge in [0.15, 0.2) is 0 Å². The predicted molar refractivity (Wildman–Crippen MR) is 56.7 cm³/mol. The van der Waals surface area contributed by atoms with Crippen molar-refractivity contribution in [1.29, 1.82) is 5.26 Å². The van der Waals surface area contributed by atoms with Crippen molar-refractivity contribution in [3.05, 3.63) is 34.5 Å². The first kappa shape index (κ1) is 8.73. The van der Waals surface area contributed by atoms with Crippen LogP contribution in [0.1, 0.15) is 5.56 Å². The van der Waals surface area contributed by atoms with Gasteiger partial charge in [-0.15, -0.1) is 0 Å². The molecule has 3 nitrogen and oxygen atoms in total. The molecule has 0 aliphatic rings. The van der Waals surface area contributed by atoms with Crippen molar-refractivity contribution in [3.63, 3.8) is 0 Å². The van der Waals surface area contributed by atoms with E-state index in [1.165, 1.54) is 0 Å². The fourth-order valence-electron chi connectivity index (χ4n) is 1.14. The molecular formula is C10H7N3S. The molecule has 0 aliphatic heterocycles. The summed E-state index contributed by atoms with van der Waals surface area (Å²) in [6.07, 6.45) is 0. The number of hydrogen-bond acceptors (Lipinski definition) is 4. The van der Waals surface area contributed by atoms with Crippen LogP contribution in [-0.2, 0) is 0 Å². The van der Waals surface area contributed by atoms with E-state index in [0.29, 0.717) is 5.56 Å². The van der Waals surface area contributed by atoms with Gasteiger partial charge >= 0.3 is 0 Å². The highest BCUT2D eigenvalue weighted by Crippen LogP contribution is 2.21. The van der Waals surface area contributed by atoms with Crippen LogP contribution in [-0.4, -0.2) is 4.98 Å². The Hall–Kier alpha value is -1.86. The molecule has 0 spiro atoms. The quantitative estimate of drug-likeness (QED) is 0.769. The first-order chi connectivity index (χ1) is 6.81. The summed E-state index contributed by atoms with van der Waals surface area (Å²) in [6.45, 7) is 0. The number of nitrogens with two attached hydrogens (primary N) is 1. The molecule has 0 radical (unpaired) electrons. The lowest BCUT2D eigenvalue weighted by Gasteiger charge is -1.99. The summed E-state index contributed by atoms with van der Waals surface area (Å²) in [5.41, 5.74) is 7.87. The second-order valence-electron chi connectivity index (χ2n) is 2.75. The molecule has 2 rings (SSSR count). The zero-order valence-corrected chi connectivity index (χ0v) is 8.08. The summed E-state index contributed by atoms with van der Waals surface area (Å²) >= 11 is 1.60. The first-order valence-corrected chi connectivity index (χ1v) is 4.95. The summed E-state index contributed by atoms with van der Waals surface area (Å²) in [5.74, 6) is 0.288. The number of nitrogen functional groups attached to an aromatic ring is 1. The van der Waals surface area contributed by atoms with Crippen LogP contribution in [0.5, 0.6) is 0 Å². The minimum atomic E-state index is 0.288. The van der Waals surface area contributed by atoms with Crippen molar-refractivity contribution in [1.82, 2.24) is 4.98 Å². The van der Waals surface area contributed by atoms with E-state index in [2.05, 4.69) is 4.98 Å². The Bertz CT molecular complexity index is 483. The fraction of sp³-hybridized carbons (Fsp3) is 0. The minimum Gasteiger partial charge on any atom is -0.383 e. The fourth-order valence-corrected chi connectivity index (χ4v) is 1.79. The number of nitriles is 1. The molecule has 0 saturated heterocycles. The van der Waals surface area contributed by atoms with Gasteiger partial charge < -0.3 is 5.73 Å². The molecule has 0 aliphatic carbocycles. The van der Waals surface area contributed by atoms with Crippen molar-refractivity contribution in [2.75, 3.05) is 5.73 Å². The van der Waals surface area contributed by atoms with Crippen LogP contribution in [0.25, 0.3) is 11.3 Å². The monoisotopic (exact) mass is 201 g/mol. The lowest BCUT2D eigenvalue weighted by Crippen LogP contribution is -1.95. The van der Waals surface area contributed by atoms with Gasteiger partial charge in [0.1, 0.15) is 11.9 Å². The van der Waals surface area contributed by atoms with E-state index < -0.39 is 0 Å². The zero-order chi connectivity index (χ0) is 9.97. The smallest absolute Gasteiger partial charge is 0.142 e. The average molecular weight is 201 g/mol. The highest BCUT2D eigenvalue weighted by Gasteiger charge is 2.03. The molecule has 0 saturated carbocycles. The van der Waals surface area contributed by atoms with Crippen LogP contribution in [0.4, 0.5) is 5.82 Å².